The Morgan fingerprint density at radius 2 is 2.33 bits per heavy atom. The number of hydrogen-bond donors (Lipinski definition) is 0. The molecule has 0 aliphatic carbocycles. The summed E-state index contributed by atoms with van der Waals surface area (Å²) < 4.78 is 0. The number of nitrogens with zero attached hydrogens (tertiary/aromatic N) is 2. The highest BCUT2D eigenvalue weighted by atomic mass is 35.5. The zero-order chi connectivity index (χ0) is 11.3. The number of carbonyl (C=O) groups is 1. The molecule has 0 radical (unpaired) electrons. The minimum Gasteiger partial charge on any atom is -0.303 e. The Hall–Kier alpha value is -1.75. The highest BCUT2D eigenvalue weighted by Gasteiger charge is 2.12. The lowest BCUT2D eigenvalue weighted by atomic mass is 10.2. The van der Waals surface area contributed by atoms with Gasteiger partial charge in [0.15, 0.2) is 0 Å². The van der Waals surface area contributed by atoms with Crippen LogP contribution in [0.3, 0.4) is 0 Å². The van der Waals surface area contributed by atoms with E-state index >= 15 is 0 Å². The van der Waals surface area contributed by atoms with Gasteiger partial charge in [-0.25, -0.2) is 4.98 Å². The van der Waals surface area contributed by atoms with Crippen LogP contribution in [0.5, 0.6) is 0 Å². The maximum Gasteiger partial charge on any atom is 0.296 e. The fourth-order valence-corrected chi connectivity index (χ4v) is 1.10. The second-order valence-electron chi connectivity index (χ2n) is 2.62. The first kappa shape index (κ1) is 11.3. The summed E-state index contributed by atoms with van der Waals surface area (Å²) in [6.45, 7) is 0. The number of rotatable bonds is 4. The van der Waals surface area contributed by atoms with E-state index in [2.05, 4.69) is 4.98 Å². The number of hydrogen-bond acceptors (Lipinski definition) is 4. The Morgan fingerprint density at radius 1 is 1.60 bits per heavy atom. The fraction of sp³-hybridized carbons (Fsp3) is 0.111. The second kappa shape index (κ2) is 5.21. The lowest BCUT2D eigenvalue weighted by molar-refractivity contribution is -0.385. The Kier molecular flexibility index (Phi) is 3.93. The molecule has 0 unspecified atom stereocenters. The van der Waals surface area contributed by atoms with Crippen molar-refractivity contribution in [1.82, 2.24) is 4.98 Å². The Morgan fingerprint density at radius 3 is 2.93 bits per heavy atom. The van der Waals surface area contributed by atoms with Crippen molar-refractivity contribution in [2.75, 3.05) is 0 Å². The normalized spacial score (nSPS) is 10.5. The van der Waals surface area contributed by atoms with Gasteiger partial charge in [-0.15, -0.1) is 0 Å². The highest BCUT2D eigenvalue weighted by molar-refractivity contribution is 6.30. The van der Waals surface area contributed by atoms with E-state index in [9.17, 15) is 14.9 Å². The number of aromatic nitrogens is 1. The van der Waals surface area contributed by atoms with Gasteiger partial charge in [-0.05, 0) is 6.08 Å². The SMILES string of the molecule is O=CCC=Cc1ncc(Cl)cc1[N+](=O)[O-]. The maximum atomic E-state index is 10.6. The van der Waals surface area contributed by atoms with Crippen LogP contribution in [0, 0.1) is 10.1 Å². The van der Waals surface area contributed by atoms with E-state index in [1.807, 2.05) is 0 Å². The molecule has 1 heterocycles. The van der Waals surface area contributed by atoms with Crippen molar-refractivity contribution < 1.29 is 9.72 Å². The van der Waals surface area contributed by atoms with E-state index in [0.717, 1.165) is 0 Å². The molecule has 0 aromatic carbocycles. The molecule has 0 spiro atoms. The molecule has 15 heavy (non-hydrogen) atoms. The van der Waals surface area contributed by atoms with Crippen LogP contribution in [0.15, 0.2) is 18.3 Å². The van der Waals surface area contributed by atoms with Crippen LogP contribution in [0.25, 0.3) is 6.08 Å². The largest absolute Gasteiger partial charge is 0.303 e. The van der Waals surface area contributed by atoms with Crippen molar-refractivity contribution in [2.24, 2.45) is 0 Å². The summed E-state index contributed by atoms with van der Waals surface area (Å²) in [5.41, 5.74) is 0.0101. The Labute approximate surface area is 90.5 Å². The molecule has 0 aliphatic heterocycles. The minimum atomic E-state index is -0.570. The molecule has 0 atom stereocenters. The quantitative estimate of drug-likeness (QED) is 0.448. The highest BCUT2D eigenvalue weighted by Crippen LogP contribution is 2.21. The van der Waals surface area contributed by atoms with Gasteiger partial charge < -0.3 is 4.79 Å². The summed E-state index contributed by atoms with van der Waals surface area (Å²) in [5.74, 6) is 0. The van der Waals surface area contributed by atoms with Crippen LogP contribution >= 0.6 is 11.6 Å². The first-order valence-corrected chi connectivity index (χ1v) is 4.43. The molecule has 0 saturated heterocycles. The Balaban J connectivity index is 3.05. The molecule has 0 saturated carbocycles. The number of nitro groups is 1. The van der Waals surface area contributed by atoms with Crippen molar-refractivity contribution in [3.63, 3.8) is 0 Å². The van der Waals surface area contributed by atoms with Crippen molar-refractivity contribution in [3.8, 4) is 0 Å². The molecule has 1 aromatic rings. The molecule has 0 N–H and O–H groups in total. The summed E-state index contributed by atoms with van der Waals surface area (Å²) in [5, 5.41) is 10.8. The standard InChI is InChI=1S/C9H7ClN2O3/c10-7-5-9(12(14)15)8(11-6-7)3-1-2-4-13/h1,3-6H,2H2. The fourth-order valence-electron chi connectivity index (χ4n) is 0.949. The van der Waals surface area contributed by atoms with Crippen molar-refractivity contribution in [2.45, 2.75) is 6.42 Å². The lowest BCUT2D eigenvalue weighted by Crippen LogP contribution is -1.93. The van der Waals surface area contributed by atoms with E-state index in [0.29, 0.717) is 6.29 Å². The third kappa shape index (κ3) is 3.14. The maximum absolute atomic E-state index is 10.6. The smallest absolute Gasteiger partial charge is 0.296 e. The van der Waals surface area contributed by atoms with Gasteiger partial charge in [-0.1, -0.05) is 17.7 Å². The average molecular weight is 227 g/mol. The number of allylic oxidation sites excluding steroid dienone is 1. The van der Waals surface area contributed by atoms with Gasteiger partial charge in [0.1, 0.15) is 12.0 Å². The summed E-state index contributed by atoms with van der Waals surface area (Å²) in [4.78, 5) is 23.9. The molecule has 1 rings (SSSR count). The van der Waals surface area contributed by atoms with Crippen LogP contribution in [0.2, 0.25) is 5.02 Å². The van der Waals surface area contributed by atoms with E-state index in [4.69, 9.17) is 11.6 Å². The molecule has 0 fully saturated rings. The van der Waals surface area contributed by atoms with Crippen LogP contribution in [0.4, 0.5) is 5.69 Å². The van der Waals surface area contributed by atoms with Gasteiger partial charge >= 0.3 is 0 Å². The Bertz CT molecular complexity index is 418. The van der Waals surface area contributed by atoms with Crippen LogP contribution < -0.4 is 0 Å². The summed E-state index contributed by atoms with van der Waals surface area (Å²) in [6.07, 6.45) is 5.12. The summed E-state index contributed by atoms with van der Waals surface area (Å²) in [6, 6.07) is 1.22. The van der Waals surface area contributed by atoms with Crippen LogP contribution in [0.1, 0.15) is 12.1 Å². The predicted octanol–water partition coefficient (Wildman–Crippen LogP) is 2.25. The topological polar surface area (TPSA) is 73.1 Å². The summed E-state index contributed by atoms with van der Waals surface area (Å²) >= 11 is 5.58. The summed E-state index contributed by atoms with van der Waals surface area (Å²) in [7, 11) is 0. The first-order valence-electron chi connectivity index (χ1n) is 4.05. The molecular formula is C9H7ClN2O3. The van der Waals surface area contributed by atoms with E-state index < -0.39 is 4.92 Å². The molecular weight excluding hydrogens is 220 g/mol. The van der Waals surface area contributed by atoms with Gasteiger partial charge in [0.05, 0.1) is 9.95 Å². The van der Waals surface area contributed by atoms with Gasteiger partial charge in [-0.2, -0.15) is 0 Å². The van der Waals surface area contributed by atoms with E-state index in [1.54, 1.807) is 0 Å². The van der Waals surface area contributed by atoms with Crippen molar-refractivity contribution in [1.29, 1.82) is 0 Å². The molecule has 5 nitrogen and oxygen atoms in total. The predicted molar refractivity (Wildman–Crippen MR) is 55.6 cm³/mol. The molecule has 0 bridgehead atoms. The zero-order valence-corrected chi connectivity index (χ0v) is 8.35. The molecule has 6 heteroatoms. The van der Waals surface area contributed by atoms with Crippen molar-refractivity contribution in [3.05, 3.63) is 39.2 Å². The van der Waals surface area contributed by atoms with Gasteiger partial charge in [0.2, 0.25) is 0 Å². The molecule has 1 aromatic heterocycles. The molecule has 78 valence electrons. The van der Waals surface area contributed by atoms with Crippen LogP contribution in [-0.2, 0) is 4.79 Å². The lowest BCUT2D eigenvalue weighted by Gasteiger charge is -1.96. The number of pyridine rings is 1. The number of halogens is 1. The zero-order valence-electron chi connectivity index (χ0n) is 7.59. The van der Waals surface area contributed by atoms with E-state index in [1.165, 1.54) is 24.4 Å². The van der Waals surface area contributed by atoms with Crippen molar-refractivity contribution >= 4 is 29.7 Å². The second-order valence-corrected chi connectivity index (χ2v) is 3.06. The molecule has 0 aliphatic rings. The third-order valence-electron chi connectivity index (χ3n) is 1.57. The monoisotopic (exact) mass is 226 g/mol. The minimum absolute atomic E-state index is 0.176. The molecule has 0 amide bonds. The average Bonchev–Trinajstić information content (AvgIpc) is 2.20. The van der Waals surface area contributed by atoms with Gasteiger partial charge in [0.25, 0.3) is 5.69 Å². The van der Waals surface area contributed by atoms with E-state index in [-0.39, 0.29) is 22.8 Å². The van der Waals surface area contributed by atoms with Crippen LogP contribution in [-0.4, -0.2) is 16.2 Å². The van der Waals surface area contributed by atoms with Gasteiger partial charge in [-0.3, -0.25) is 10.1 Å². The first-order chi connectivity index (χ1) is 7.15. The number of aldehydes is 1. The third-order valence-corrected chi connectivity index (χ3v) is 1.78. The number of carbonyl (C=O) groups excluding carboxylic acids is 1. The van der Waals surface area contributed by atoms with Gasteiger partial charge in [0, 0.05) is 18.7 Å².